The average Bonchev–Trinajstić information content (AvgIpc) is 2.95. The van der Waals surface area contributed by atoms with Crippen LogP contribution >= 0.6 is 11.8 Å². The Balaban J connectivity index is 1.66. The molecule has 1 aliphatic heterocycles. The summed E-state index contributed by atoms with van der Waals surface area (Å²) in [6.07, 6.45) is 0. The first-order valence-electron chi connectivity index (χ1n) is 8.51. The highest BCUT2D eigenvalue weighted by atomic mass is 32.2. The van der Waals surface area contributed by atoms with E-state index in [1.54, 1.807) is 18.9 Å². The Labute approximate surface area is 157 Å². The van der Waals surface area contributed by atoms with Gasteiger partial charge in [-0.15, -0.1) is 0 Å². The van der Waals surface area contributed by atoms with Crippen molar-refractivity contribution < 1.29 is 9.53 Å². The van der Waals surface area contributed by atoms with Crippen LogP contribution in [0.15, 0.2) is 83.8 Å². The fraction of sp³-hybridized carbons (Fsp3) is 0.136. The molecule has 4 rings (SSSR count). The molecule has 0 saturated heterocycles. The minimum Gasteiger partial charge on any atom is -0.497 e. The summed E-state index contributed by atoms with van der Waals surface area (Å²) in [5, 5.41) is -0.0349. The average molecular weight is 361 g/mol. The third kappa shape index (κ3) is 3.20. The minimum atomic E-state index is -0.0349. The zero-order valence-corrected chi connectivity index (χ0v) is 15.3. The van der Waals surface area contributed by atoms with Crippen molar-refractivity contribution in [3.63, 3.8) is 0 Å². The second kappa shape index (κ2) is 7.26. The van der Waals surface area contributed by atoms with E-state index >= 15 is 0 Å². The lowest BCUT2D eigenvalue weighted by Gasteiger charge is -2.25. The van der Waals surface area contributed by atoms with Gasteiger partial charge in [-0.1, -0.05) is 60.3 Å². The maximum absolute atomic E-state index is 13.0. The van der Waals surface area contributed by atoms with Crippen LogP contribution in [0.5, 0.6) is 5.75 Å². The van der Waals surface area contributed by atoms with Gasteiger partial charge in [-0.05, 0) is 41.5 Å². The third-order valence-corrected chi connectivity index (χ3v) is 5.78. The normalized spacial score (nSPS) is 15.8. The maximum Gasteiger partial charge on any atom is 0.255 e. The second-order valence-corrected chi connectivity index (χ2v) is 7.31. The van der Waals surface area contributed by atoms with Crippen molar-refractivity contribution in [1.29, 1.82) is 0 Å². The summed E-state index contributed by atoms with van der Waals surface area (Å²) in [6.45, 7) is 0.599. The summed E-state index contributed by atoms with van der Waals surface area (Å²) in [7, 11) is 1.66. The molecule has 1 amide bonds. The number of amides is 1. The zero-order chi connectivity index (χ0) is 17.9. The number of rotatable bonds is 5. The van der Waals surface area contributed by atoms with Crippen molar-refractivity contribution in [3.05, 3.63) is 95.6 Å². The van der Waals surface area contributed by atoms with Gasteiger partial charge in [-0.3, -0.25) is 4.79 Å². The van der Waals surface area contributed by atoms with Crippen LogP contribution in [0, 0.1) is 0 Å². The van der Waals surface area contributed by atoms with Gasteiger partial charge in [-0.25, -0.2) is 0 Å². The number of methoxy groups -OCH3 is 1. The van der Waals surface area contributed by atoms with Gasteiger partial charge in [0.15, 0.2) is 0 Å². The number of ether oxygens (including phenoxy) is 1. The van der Waals surface area contributed by atoms with E-state index in [4.69, 9.17) is 4.74 Å². The van der Waals surface area contributed by atoms with Gasteiger partial charge in [0.2, 0.25) is 0 Å². The van der Waals surface area contributed by atoms with Crippen LogP contribution in [0.3, 0.4) is 0 Å². The van der Waals surface area contributed by atoms with Crippen LogP contribution in [0.1, 0.15) is 26.9 Å². The summed E-state index contributed by atoms with van der Waals surface area (Å²) in [6, 6.07) is 26.0. The van der Waals surface area contributed by atoms with E-state index < -0.39 is 0 Å². The first-order chi connectivity index (χ1) is 12.8. The van der Waals surface area contributed by atoms with Crippen LogP contribution in [0.25, 0.3) is 0 Å². The number of carbonyl (C=O) groups excluding carboxylic acids is 1. The van der Waals surface area contributed by atoms with Crippen molar-refractivity contribution >= 4 is 17.7 Å². The molecule has 0 N–H and O–H groups in total. The molecule has 3 aromatic carbocycles. The lowest BCUT2D eigenvalue weighted by Crippen LogP contribution is -2.26. The summed E-state index contributed by atoms with van der Waals surface area (Å²) < 4.78 is 5.24. The number of benzene rings is 3. The molecule has 3 nitrogen and oxygen atoms in total. The Morgan fingerprint density at radius 2 is 1.62 bits per heavy atom. The van der Waals surface area contributed by atoms with E-state index in [1.165, 1.54) is 0 Å². The number of fused-ring (bicyclic) bond motifs is 1. The van der Waals surface area contributed by atoms with Crippen molar-refractivity contribution in [1.82, 2.24) is 4.90 Å². The quantitative estimate of drug-likeness (QED) is 0.630. The highest BCUT2D eigenvalue weighted by molar-refractivity contribution is 7.99. The molecule has 26 heavy (non-hydrogen) atoms. The number of nitrogens with zero attached hydrogens (tertiary/aromatic N) is 1. The second-order valence-electron chi connectivity index (χ2n) is 6.15. The van der Waals surface area contributed by atoms with Gasteiger partial charge in [-0.2, -0.15) is 0 Å². The standard InChI is InChI=1S/C22H19NO2S/c1-25-17-11-13-18(14-12-17)26-22-20-10-6-5-9-19(20)21(24)23(22)15-16-7-3-2-4-8-16/h2-14,22H,15H2,1H3. The van der Waals surface area contributed by atoms with Gasteiger partial charge >= 0.3 is 0 Å². The fourth-order valence-electron chi connectivity index (χ4n) is 3.18. The molecule has 0 bridgehead atoms. The van der Waals surface area contributed by atoms with Crippen LogP contribution in [-0.2, 0) is 6.54 Å². The summed E-state index contributed by atoms with van der Waals surface area (Å²) in [5.74, 6) is 0.925. The van der Waals surface area contributed by atoms with Crippen molar-refractivity contribution in [2.75, 3.05) is 7.11 Å². The first kappa shape index (κ1) is 16.7. The van der Waals surface area contributed by atoms with Crippen LogP contribution in [-0.4, -0.2) is 17.9 Å². The highest BCUT2D eigenvalue weighted by Gasteiger charge is 2.36. The predicted molar refractivity (Wildman–Crippen MR) is 104 cm³/mol. The fourth-order valence-corrected chi connectivity index (χ4v) is 4.36. The van der Waals surface area contributed by atoms with E-state index in [1.807, 2.05) is 65.6 Å². The van der Waals surface area contributed by atoms with Gasteiger partial charge in [0.05, 0.1) is 7.11 Å². The van der Waals surface area contributed by atoms with E-state index in [0.29, 0.717) is 6.54 Å². The number of carbonyl (C=O) groups is 1. The Hall–Kier alpha value is -2.72. The molecule has 0 aromatic heterocycles. The molecule has 1 heterocycles. The largest absolute Gasteiger partial charge is 0.497 e. The monoisotopic (exact) mass is 361 g/mol. The Morgan fingerprint density at radius 3 is 2.35 bits per heavy atom. The van der Waals surface area contributed by atoms with Crippen LogP contribution in [0.4, 0.5) is 0 Å². The molecule has 130 valence electrons. The summed E-state index contributed by atoms with van der Waals surface area (Å²) >= 11 is 1.69. The molecule has 0 saturated carbocycles. The molecular formula is C22H19NO2S. The molecule has 4 heteroatoms. The molecule has 1 aliphatic rings. The number of thioether (sulfide) groups is 1. The maximum atomic E-state index is 13.0. The molecule has 0 radical (unpaired) electrons. The highest BCUT2D eigenvalue weighted by Crippen LogP contribution is 2.45. The topological polar surface area (TPSA) is 29.5 Å². The molecular weight excluding hydrogens is 342 g/mol. The van der Waals surface area contributed by atoms with E-state index in [9.17, 15) is 4.79 Å². The number of hydrogen-bond donors (Lipinski definition) is 0. The van der Waals surface area contributed by atoms with E-state index in [-0.39, 0.29) is 11.3 Å². The minimum absolute atomic E-state index is 0.0349. The SMILES string of the molecule is COc1ccc(SC2c3ccccc3C(=O)N2Cc2ccccc2)cc1. The van der Waals surface area contributed by atoms with Gasteiger partial charge in [0.25, 0.3) is 5.91 Å². The van der Waals surface area contributed by atoms with Crippen LogP contribution < -0.4 is 4.74 Å². The summed E-state index contributed by atoms with van der Waals surface area (Å²) in [5.41, 5.74) is 3.01. The Kier molecular flexibility index (Phi) is 4.67. The third-order valence-electron chi connectivity index (χ3n) is 4.50. The van der Waals surface area contributed by atoms with E-state index in [2.05, 4.69) is 18.2 Å². The molecule has 0 aliphatic carbocycles. The van der Waals surface area contributed by atoms with Crippen molar-refractivity contribution in [2.45, 2.75) is 16.8 Å². The molecule has 3 aromatic rings. The first-order valence-corrected chi connectivity index (χ1v) is 9.39. The van der Waals surface area contributed by atoms with Gasteiger partial charge in [0.1, 0.15) is 11.1 Å². The zero-order valence-electron chi connectivity index (χ0n) is 14.5. The Bertz CT molecular complexity index is 909. The molecule has 0 fully saturated rings. The van der Waals surface area contributed by atoms with Gasteiger partial charge < -0.3 is 9.64 Å². The predicted octanol–water partition coefficient (Wildman–Crippen LogP) is 5.14. The smallest absolute Gasteiger partial charge is 0.255 e. The lowest BCUT2D eigenvalue weighted by atomic mass is 10.1. The molecule has 1 atom stereocenters. The summed E-state index contributed by atoms with van der Waals surface area (Å²) in [4.78, 5) is 16.1. The van der Waals surface area contributed by atoms with Crippen LogP contribution in [0.2, 0.25) is 0 Å². The molecule has 0 spiro atoms. The Morgan fingerprint density at radius 1 is 0.923 bits per heavy atom. The number of hydrogen-bond acceptors (Lipinski definition) is 3. The van der Waals surface area contributed by atoms with Crippen molar-refractivity contribution in [2.24, 2.45) is 0 Å². The lowest BCUT2D eigenvalue weighted by molar-refractivity contribution is 0.0761. The van der Waals surface area contributed by atoms with Crippen molar-refractivity contribution in [3.8, 4) is 5.75 Å². The van der Waals surface area contributed by atoms with Gasteiger partial charge in [0, 0.05) is 17.0 Å². The van der Waals surface area contributed by atoms with E-state index in [0.717, 1.165) is 27.3 Å². The molecule has 1 unspecified atom stereocenters.